The molecule has 0 fully saturated rings. The third-order valence-electron chi connectivity index (χ3n) is 4.64. The molecular weight excluding hydrogens is 404 g/mol. The zero-order valence-electron chi connectivity index (χ0n) is 16.1. The van der Waals surface area contributed by atoms with Crippen LogP contribution in [0.25, 0.3) is 5.69 Å². The van der Waals surface area contributed by atoms with Crippen molar-refractivity contribution >= 4 is 29.3 Å². The molecule has 1 atom stereocenters. The molecule has 0 spiro atoms. The van der Waals surface area contributed by atoms with Gasteiger partial charge in [0.05, 0.1) is 29.1 Å². The summed E-state index contributed by atoms with van der Waals surface area (Å²) in [6, 6.07) is 16.5. The monoisotopic (exact) mass is 424 g/mol. The first-order valence-corrected chi connectivity index (χ1v) is 11.1. The fourth-order valence-corrected chi connectivity index (χ4v) is 5.21. The lowest BCUT2D eigenvalue weighted by Gasteiger charge is -2.14. The van der Waals surface area contributed by atoms with Crippen molar-refractivity contribution in [1.29, 1.82) is 0 Å². The number of ketones is 1. The van der Waals surface area contributed by atoms with Crippen LogP contribution in [0.5, 0.6) is 5.75 Å². The van der Waals surface area contributed by atoms with Crippen LogP contribution in [-0.4, -0.2) is 33.4 Å². The van der Waals surface area contributed by atoms with Crippen molar-refractivity contribution < 1.29 is 9.53 Å². The lowest BCUT2D eigenvalue weighted by Crippen LogP contribution is -2.24. The highest BCUT2D eigenvalue weighted by molar-refractivity contribution is 8.00. The van der Waals surface area contributed by atoms with Gasteiger partial charge in [-0.25, -0.2) is 4.98 Å². The molecule has 1 aliphatic rings. The molecule has 148 valence electrons. The molecule has 2 heterocycles. The molecule has 29 heavy (non-hydrogen) atoms. The molecule has 0 saturated carbocycles. The van der Waals surface area contributed by atoms with Gasteiger partial charge in [-0.15, -0.1) is 11.8 Å². The summed E-state index contributed by atoms with van der Waals surface area (Å²) in [6.07, 6.45) is 0.763. The maximum Gasteiger partial charge on any atom is 0.272 e. The largest absolute Gasteiger partial charge is 0.497 e. The van der Waals surface area contributed by atoms with Crippen LogP contribution in [0.3, 0.4) is 0 Å². The first kappa shape index (κ1) is 19.8. The van der Waals surface area contributed by atoms with Gasteiger partial charge in [0.2, 0.25) is 0 Å². The van der Waals surface area contributed by atoms with Crippen LogP contribution in [0.15, 0.2) is 69.4 Å². The van der Waals surface area contributed by atoms with E-state index < -0.39 is 0 Å². The number of benzene rings is 2. The highest BCUT2D eigenvalue weighted by Crippen LogP contribution is 2.35. The standard InChI is InChI=1S/C22H20N2O3S2/c1-14-12-18-20(29-14)21(26)24(16-8-10-17(27-2)11-9-16)22(23-18)28-13-19(25)15-6-4-3-5-7-15/h3-11,14H,12-13H2,1-2H3/t14-/m1/s1. The van der Waals surface area contributed by atoms with Gasteiger partial charge in [0, 0.05) is 17.2 Å². The molecule has 0 saturated heterocycles. The number of thioether (sulfide) groups is 2. The molecule has 0 N–H and O–H groups in total. The molecule has 0 unspecified atom stereocenters. The Bertz CT molecular complexity index is 1100. The van der Waals surface area contributed by atoms with Crippen LogP contribution in [0, 0.1) is 0 Å². The SMILES string of the molecule is COc1ccc(-n2c(SCC(=O)c3ccccc3)nc3c(c2=O)S[C@H](C)C3)cc1. The van der Waals surface area contributed by atoms with Crippen molar-refractivity contribution in [2.24, 2.45) is 0 Å². The van der Waals surface area contributed by atoms with Crippen molar-refractivity contribution in [2.75, 3.05) is 12.9 Å². The predicted octanol–water partition coefficient (Wildman–Crippen LogP) is 4.25. The Labute approximate surface area is 177 Å². The summed E-state index contributed by atoms with van der Waals surface area (Å²) < 4.78 is 6.83. The summed E-state index contributed by atoms with van der Waals surface area (Å²) in [5.74, 6) is 0.940. The highest BCUT2D eigenvalue weighted by atomic mass is 32.2. The number of Topliss-reactive ketones (excluding diaryl/α,β-unsaturated/α-hetero) is 1. The van der Waals surface area contributed by atoms with Crippen molar-refractivity contribution in [2.45, 2.75) is 28.6 Å². The molecule has 1 aliphatic heterocycles. The number of methoxy groups -OCH3 is 1. The van der Waals surface area contributed by atoms with E-state index in [9.17, 15) is 9.59 Å². The normalized spacial score (nSPS) is 15.2. The van der Waals surface area contributed by atoms with Crippen LogP contribution < -0.4 is 10.3 Å². The molecule has 4 rings (SSSR count). The third kappa shape index (κ3) is 4.11. The van der Waals surface area contributed by atoms with E-state index in [1.165, 1.54) is 11.8 Å². The summed E-state index contributed by atoms with van der Waals surface area (Å²) in [7, 11) is 1.60. The summed E-state index contributed by atoms with van der Waals surface area (Å²) >= 11 is 2.87. The van der Waals surface area contributed by atoms with E-state index in [1.54, 1.807) is 35.6 Å². The van der Waals surface area contributed by atoms with E-state index in [0.29, 0.717) is 32.3 Å². The number of nitrogens with zero attached hydrogens (tertiary/aromatic N) is 2. The van der Waals surface area contributed by atoms with E-state index >= 15 is 0 Å². The van der Waals surface area contributed by atoms with Crippen molar-refractivity contribution in [3.8, 4) is 11.4 Å². The van der Waals surface area contributed by atoms with Gasteiger partial charge < -0.3 is 4.74 Å². The molecule has 0 radical (unpaired) electrons. The number of carbonyl (C=O) groups is 1. The minimum atomic E-state index is -0.0795. The van der Waals surface area contributed by atoms with Gasteiger partial charge in [0.1, 0.15) is 5.75 Å². The van der Waals surface area contributed by atoms with E-state index in [0.717, 1.165) is 12.1 Å². The summed E-state index contributed by atoms with van der Waals surface area (Å²) in [5, 5.41) is 0.860. The molecule has 2 aromatic carbocycles. The number of rotatable bonds is 6. The van der Waals surface area contributed by atoms with Gasteiger partial charge in [-0.2, -0.15) is 0 Å². The van der Waals surface area contributed by atoms with E-state index in [-0.39, 0.29) is 17.1 Å². The zero-order chi connectivity index (χ0) is 20.4. The number of aromatic nitrogens is 2. The van der Waals surface area contributed by atoms with Crippen molar-refractivity contribution in [3.63, 3.8) is 0 Å². The Morgan fingerprint density at radius 3 is 2.62 bits per heavy atom. The maximum atomic E-state index is 13.3. The Balaban J connectivity index is 1.71. The summed E-state index contributed by atoms with van der Waals surface area (Å²) in [5.41, 5.74) is 2.11. The number of hydrogen-bond donors (Lipinski definition) is 0. The third-order valence-corrected chi connectivity index (χ3v) is 6.79. The van der Waals surface area contributed by atoms with Crippen molar-refractivity contribution in [3.05, 3.63) is 76.2 Å². The quantitative estimate of drug-likeness (QED) is 0.335. The van der Waals surface area contributed by atoms with Gasteiger partial charge in [-0.05, 0) is 24.3 Å². The fraction of sp³-hybridized carbons (Fsp3) is 0.227. The maximum absolute atomic E-state index is 13.3. The van der Waals surface area contributed by atoms with E-state index in [2.05, 4.69) is 6.92 Å². The van der Waals surface area contributed by atoms with Gasteiger partial charge >= 0.3 is 0 Å². The second kappa shape index (κ2) is 8.47. The molecule has 5 nitrogen and oxygen atoms in total. The highest BCUT2D eigenvalue weighted by Gasteiger charge is 2.27. The number of hydrogen-bond acceptors (Lipinski definition) is 6. The zero-order valence-corrected chi connectivity index (χ0v) is 17.8. The molecule has 7 heteroatoms. The van der Waals surface area contributed by atoms with Gasteiger partial charge in [0.15, 0.2) is 10.9 Å². The van der Waals surface area contributed by atoms with Crippen molar-refractivity contribution in [1.82, 2.24) is 9.55 Å². The first-order valence-electron chi connectivity index (χ1n) is 9.25. The van der Waals surface area contributed by atoms with Crippen LogP contribution in [-0.2, 0) is 6.42 Å². The first-order chi connectivity index (χ1) is 14.1. The average molecular weight is 425 g/mol. The van der Waals surface area contributed by atoms with Crippen LogP contribution in [0.2, 0.25) is 0 Å². The Morgan fingerprint density at radius 2 is 1.93 bits per heavy atom. The number of ether oxygens (including phenoxy) is 1. The second-order valence-electron chi connectivity index (χ2n) is 6.72. The average Bonchev–Trinajstić information content (AvgIpc) is 3.13. The summed E-state index contributed by atoms with van der Waals surface area (Å²) in [4.78, 5) is 31.3. The van der Waals surface area contributed by atoms with Gasteiger partial charge in [-0.3, -0.25) is 14.2 Å². The van der Waals surface area contributed by atoms with E-state index in [4.69, 9.17) is 9.72 Å². The predicted molar refractivity (Wildman–Crippen MR) is 117 cm³/mol. The molecule has 0 amide bonds. The molecule has 1 aromatic heterocycles. The number of fused-ring (bicyclic) bond motifs is 1. The summed E-state index contributed by atoms with van der Waals surface area (Å²) in [6.45, 7) is 2.09. The molecule has 0 bridgehead atoms. The Hall–Kier alpha value is -2.51. The Kier molecular flexibility index (Phi) is 5.78. The van der Waals surface area contributed by atoms with Gasteiger partial charge in [0.25, 0.3) is 5.56 Å². The smallest absolute Gasteiger partial charge is 0.272 e. The fourth-order valence-electron chi connectivity index (χ4n) is 3.19. The van der Waals surface area contributed by atoms with Gasteiger partial charge in [-0.1, -0.05) is 49.0 Å². The van der Waals surface area contributed by atoms with E-state index in [1.807, 2.05) is 42.5 Å². The van der Waals surface area contributed by atoms with Crippen LogP contribution in [0.1, 0.15) is 23.0 Å². The van der Waals surface area contributed by atoms with Crippen LogP contribution >= 0.6 is 23.5 Å². The topological polar surface area (TPSA) is 61.2 Å². The minimum Gasteiger partial charge on any atom is -0.497 e. The molecule has 3 aromatic rings. The minimum absolute atomic E-state index is 0.00868. The number of carbonyl (C=O) groups excluding carboxylic acids is 1. The molecule has 0 aliphatic carbocycles. The molecular formula is C22H20N2O3S2. The lowest BCUT2D eigenvalue weighted by molar-refractivity contribution is 0.102. The van der Waals surface area contributed by atoms with Crippen LogP contribution in [0.4, 0.5) is 0 Å². The Morgan fingerprint density at radius 1 is 1.21 bits per heavy atom. The lowest BCUT2D eigenvalue weighted by atomic mass is 10.2. The second-order valence-corrected chi connectivity index (χ2v) is 9.11.